The van der Waals surface area contributed by atoms with Gasteiger partial charge in [0, 0.05) is 23.8 Å². The van der Waals surface area contributed by atoms with Gasteiger partial charge in [0.15, 0.2) is 9.84 Å². The predicted octanol–water partition coefficient (Wildman–Crippen LogP) is 2.31. The largest absolute Gasteiger partial charge is 0.341 e. The van der Waals surface area contributed by atoms with Gasteiger partial charge in [-0.1, -0.05) is 24.6 Å². The first kappa shape index (κ1) is 20.5. The summed E-state index contributed by atoms with van der Waals surface area (Å²) in [5.74, 6) is 0.278. The SMILES string of the molecule is Cc1ccc(N2C(=O)N(CC(=O)N3CCC(C)CC3)C3CS(=O)(=O)CC32)cc1Cl. The summed E-state index contributed by atoms with van der Waals surface area (Å²) in [6.45, 7) is 5.33. The third-order valence-electron chi connectivity index (χ3n) is 6.35. The third kappa shape index (κ3) is 3.84. The van der Waals surface area contributed by atoms with Crippen LogP contribution in [0.1, 0.15) is 25.3 Å². The maximum absolute atomic E-state index is 13.2. The summed E-state index contributed by atoms with van der Waals surface area (Å²) in [6, 6.07) is 3.94. The Morgan fingerprint density at radius 3 is 2.48 bits per heavy atom. The molecule has 3 fully saturated rings. The molecule has 3 saturated heterocycles. The van der Waals surface area contributed by atoms with Crippen molar-refractivity contribution in [3.63, 3.8) is 0 Å². The number of aryl methyl sites for hydroxylation is 1. The van der Waals surface area contributed by atoms with E-state index < -0.39 is 21.9 Å². The number of rotatable bonds is 3. The van der Waals surface area contributed by atoms with Gasteiger partial charge < -0.3 is 9.80 Å². The number of nitrogens with zero attached hydrogens (tertiary/aromatic N) is 3. The summed E-state index contributed by atoms with van der Waals surface area (Å²) in [7, 11) is -3.28. The summed E-state index contributed by atoms with van der Waals surface area (Å²) >= 11 is 6.24. The van der Waals surface area contributed by atoms with Crippen molar-refractivity contribution in [3.05, 3.63) is 28.8 Å². The fraction of sp³-hybridized carbons (Fsp3) is 0.600. The van der Waals surface area contributed by atoms with Crippen LogP contribution in [-0.2, 0) is 14.6 Å². The Labute approximate surface area is 176 Å². The maximum atomic E-state index is 13.2. The molecule has 0 radical (unpaired) electrons. The van der Waals surface area contributed by atoms with Gasteiger partial charge in [-0.25, -0.2) is 13.2 Å². The molecule has 4 rings (SSSR count). The first-order valence-electron chi connectivity index (χ1n) is 10.0. The van der Waals surface area contributed by atoms with Gasteiger partial charge in [0.2, 0.25) is 5.91 Å². The second kappa shape index (κ2) is 7.47. The molecule has 3 heterocycles. The Balaban J connectivity index is 1.60. The predicted molar refractivity (Wildman–Crippen MR) is 112 cm³/mol. The van der Waals surface area contributed by atoms with Crippen molar-refractivity contribution >= 4 is 39.1 Å². The molecule has 7 nitrogen and oxygen atoms in total. The molecule has 3 amide bonds. The number of sulfone groups is 1. The van der Waals surface area contributed by atoms with Gasteiger partial charge in [0.25, 0.3) is 0 Å². The van der Waals surface area contributed by atoms with Crippen LogP contribution in [0.5, 0.6) is 0 Å². The molecule has 0 saturated carbocycles. The summed E-state index contributed by atoms with van der Waals surface area (Å²) in [4.78, 5) is 30.8. The zero-order valence-corrected chi connectivity index (χ0v) is 18.2. The molecule has 2 atom stereocenters. The van der Waals surface area contributed by atoms with Crippen LogP contribution >= 0.6 is 11.6 Å². The number of urea groups is 1. The number of carbonyl (C=O) groups is 2. The lowest BCUT2D eigenvalue weighted by Crippen LogP contribution is -2.47. The molecule has 3 aliphatic rings. The smallest absolute Gasteiger partial charge is 0.325 e. The lowest BCUT2D eigenvalue weighted by Gasteiger charge is -2.32. The van der Waals surface area contributed by atoms with Gasteiger partial charge in [-0.15, -0.1) is 0 Å². The van der Waals surface area contributed by atoms with E-state index >= 15 is 0 Å². The summed E-state index contributed by atoms with van der Waals surface area (Å²) in [5.41, 5.74) is 1.45. The second-order valence-corrected chi connectivity index (χ2v) is 11.0. The van der Waals surface area contributed by atoms with Crippen molar-refractivity contribution in [2.75, 3.05) is 36.0 Å². The minimum Gasteiger partial charge on any atom is -0.341 e. The second-order valence-electron chi connectivity index (χ2n) is 8.49. The molecule has 2 unspecified atom stereocenters. The summed E-state index contributed by atoms with van der Waals surface area (Å²) < 4.78 is 24.7. The Morgan fingerprint density at radius 2 is 1.83 bits per heavy atom. The topological polar surface area (TPSA) is 78.0 Å². The van der Waals surface area contributed by atoms with E-state index in [1.807, 2.05) is 13.0 Å². The van der Waals surface area contributed by atoms with Gasteiger partial charge >= 0.3 is 6.03 Å². The zero-order valence-electron chi connectivity index (χ0n) is 16.7. The number of benzene rings is 1. The van der Waals surface area contributed by atoms with Crippen molar-refractivity contribution in [2.24, 2.45) is 5.92 Å². The Bertz CT molecular complexity index is 943. The van der Waals surface area contributed by atoms with E-state index in [2.05, 4.69) is 6.92 Å². The van der Waals surface area contributed by atoms with E-state index in [9.17, 15) is 18.0 Å². The van der Waals surface area contributed by atoms with Gasteiger partial charge in [-0.3, -0.25) is 9.69 Å². The van der Waals surface area contributed by atoms with Crippen molar-refractivity contribution in [2.45, 2.75) is 38.8 Å². The highest BCUT2D eigenvalue weighted by atomic mass is 35.5. The molecule has 158 valence electrons. The van der Waals surface area contributed by atoms with Crippen molar-refractivity contribution in [3.8, 4) is 0 Å². The van der Waals surface area contributed by atoms with Crippen LogP contribution < -0.4 is 4.90 Å². The summed E-state index contributed by atoms with van der Waals surface area (Å²) in [6.07, 6.45) is 1.90. The lowest BCUT2D eigenvalue weighted by molar-refractivity contribution is -0.133. The molecule has 0 N–H and O–H groups in total. The number of likely N-dealkylation sites (tertiary alicyclic amines) is 1. The van der Waals surface area contributed by atoms with Crippen LogP contribution in [-0.4, -0.2) is 73.4 Å². The molecule has 1 aromatic carbocycles. The van der Waals surface area contributed by atoms with Crippen molar-refractivity contribution < 1.29 is 18.0 Å². The lowest BCUT2D eigenvalue weighted by atomic mass is 9.99. The fourth-order valence-electron chi connectivity index (χ4n) is 4.50. The van der Waals surface area contributed by atoms with Gasteiger partial charge in [0.1, 0.15) is 6.54 Å². The normalized spacial score (nSPS) is 26.9. The molecule has 3 aliphatic heterocycles. The van der Waals surface area contributed by atoms with Crippen LogP contribution in [0, 0.1) is 12.8 Å². The summed E-state index contributed by atoms with van der Waals surface area (Å²) in [5, 5.41) is 0.518. The average Bonchev–Trinajstić information content (AvgIpc) is 3.09. The fourth-order valence-corrected chi connectivity index (χ4v) is 6.62. The number of anilines is 1. The third-order valence-corrected chi connectivity index (χ3v) is 8.46. The molecule has 29 heavy (non-hydrogen) atoms. The molecule has 9 heteroatoms. The number of hydrogen-bond donors (Lipinski definition) is 0. The van der Waals surface area contributed by atoms with E-state index in [0.29, 0.717) is 29.7 Å². The van der Waals surface area contributed by atoms with Gasteiger partial charge in [-0.2, -0.15) is 0 Å². The molecule has 0 spiro atoms. The quantitative estimate of drug-likeness (QED) is 0.677. The number of fused-ring (bicyclic) bond motifs is 1. The highest BCUT2D eigenvalue weighted by Gasteiger charge is 2.54. The van der Waals surface area contributed by atoms with Crippen LogP contribution in [0.4, 0.5) is 10.5 Å². The number of carbonyl (C=O) groups excluding carboxylic acids is 2. The highest BCUT2D eigenvalue weighted by Crippen LogP contribution is 2.36. The zero-order chi connectivity index (χ0) is 20.9. The number of piperidine rings is 1. The van der Waals surface area contributed by atoms with Crippen molar-refractivity contribution in [1.29, 1.82) is 0 Å². The first-order chi connectivity index (χ1) is 13.7. The van der Waals surface area contributed by atoms with E-state index in [1.54, 1.807) is 17.0 Å². The van der Waals surface area contributed by atoms with E-state index in [1.165, 1.54) is 9.80 Å². The Hall–Kier alpha value is -1.80. The van der Waals surface area contributed by atoms with Crippen molar-refractivity contribution in [1.82, 2.24) is 9.80 Å². The molecule has 0 aliphatic carbocycles. The minimum absolute atomic E-state index is 0.0833. The average molecular weight is 440 g/mol. The standard InChI is InChI=1S/C20H26ClN3O4S/c1-13-5-7-22(8-6-13)19(25)10-23-17-11-29(27,28)12-18(17)24(20(23)26)15-4-3-14(2)16(21)9-15/h3-4,9,13,17-18H,5-8,10-12H2,1-2H3. The number of hydrogen-bond acceptors (Lipinski definition) is 4. The molecule has 0 bridgehead atoms. The van der Waals surface area contributed by atoms with Crippen LogP contribution in [0.15, 0.2) is 18.2 Å². The van der Waals surface area contributed by atoms with Crippen LogP contribution in [0.3, 0.4) is 0 Å². The molecular weight excluding hydrogens is 414 g/mol. The highest BCUT2D eigenvalue weighted by molar-refractivity contribution is 7.91. The van der Waals surface area contributed by atoms with Crippen LogP contribution in [0.2, 0.25) is 5.02 Å². The molecule has 1 aromatic rings. The Morgan fingerprint density at radius 1 is 1.17 bits per heavy atom. The van der Waals surface area contributed by atoms with Gasteiger partial charge in [0.05, 0.1) is 23.6 Å². The monoisotopic (exact) mass is 439 g/mol. The maximum Gasteiger partial charge on any atom is 0.325 e. The van der Waals surface area contributed by atoms with E-state index in [0.717, 1.165) is 18.4 Å². The van der Waals surface area contributed by atoms with Crippen LogP contribution in [0.25, 0.3) is 0 Å². The van der Waals surface area contributed by atoms with E-state index in [4.69, 9.17) is 11.6 Å². The number of amides is 3. The molecule has 0 aromatic heterocycles. The number of halogens is 1. The molecular formula is C20H26ClN3O4S. The minimum atomic E-state index is -3.28. The Kier molecular flexibility index (Phi) is 5.27. The van der Waals surface area contributed by atoms with E-state index in [-0.39, 0.29) is 30.0 Å². The van der Waals surface area contributed by atoms with Gasteiger partial charge in [-0.05, 0) is 43.4 Å². The first-order valence-corrected chi connectivity index (χ1v) is 12.2.